The number of alkyl halides is 2. The normalized spacial score (nSPS) is 30.8. The average Bonchev–Trinajstić information content (AvgIpc) is 2.70. The van der Waals surface area contributed by atoms with E-state index in [1.54, 1.807) is 0 Å². The van der Waals surface area contributed by atoms with Gasteiger partial charge < -0.3 is 5.11 Å². The van der Waals surface area contributed by atoms with Crippen LogP contribution in [0.3, 0.4) is 0 Å². The molecule has 0 radical (unpaired) electrons. The highest BCUT2D eigenvalue weighted by Crippen LogP contribution is 2.60. The molecular weight excluding hydrogens is 396 g/mol. The molecule has 1 aromatic rings. The monoisotopic (exact) mass is 416 g/mol. The summed E-state index contributed by atoms with van der Waals surface area (Å²) >= 11 is 7.64. The molecule has 1 aromatic carbocycles. The molecule has 1 aliphatic carbocycles. The molecule has 0 saturated heterocycles. The third-order valence-corrected chi connectivity index (χ3v) is 8.53. The highest BCUT2D eigenvalue weighted by atomic mass is 79.9. The van der Waals surface area contributed by atoms with Crippen LogP contribution in [-0.2, 0) is 4.79 Å². The summed E-state index contributed by atoms with van der Waals surface area (Å²) in [4.78, 5) is 12.1. The summed E-state index contributed by atoms with van der Waals surface area (Å²) in [6.07, 6.45) is 1.66. The Kier molecular flexibility index (Phi) is 4.89. The van der Waals surface area contributed by atoms with Gasteiger partial charge in [-0.25, -0.2) is 0 Å². The van der Waals surface area contributed by atoms with Crippen LogP contribution in [0.4, 0.5) is 0 Å². The number of benzene rings is 1. The fourth-order valence-corrected chi connectivity index (χ4v) is 5.40. The highest BCUT2D eigenvalue weighted by molar-refractivity contribution is 9.12. The molecule has 0 spiro atoms. The summed E-state index contributed by atoms with van der Waals surface area (Å²) in [6, 6.07) is 10.3. The lowest BCUT2D eigenvalue weighted by molar-refractivity contribution is -0.154. The van der Waals surface area contributed by atoms with Crippen LogP contribution in [-0.4, -0.2) is 15.9 Å². The van der Waals surface area contributed by atoms with Crippen molar-refractivity contribution in [3.63, 3.8) is 0 Å². The Labute approximate surface area is 143 Å². The van der Waals surface area contributed by atoms with Crippen molar-refractivity contribution >= 4 is 37.8 Å². The van der Waals surface area contributed by atoms with Gasteiger partial charge in [0.15, 0.2) is 0 Å². The lowest BCUT2D eigenvalue weighted by Gasteiger charge is -2.41. The van der Waals surface area contributed by atoms with Crippen molar-refractivity contribution < 1.29 is 9.90 Å². The van der Waals surface area contributed by atoms with E-state index < -0.39 is 11.4 Å². The van der Waals surface area contributed by atoms with Crippen LogP contribution >= 0.6 is 31.9 Å². The molecule has 0 amide bonds. The first-order valence-electron chi connectivity index (χ1n) is 7.28. The van der Waals surface area contributed by atoms with Gasteiger partial charge in [0.1, 0.15) is 0 Å². The van der Waals surface area contributed by atoms with E-state index in [9.17, 15) is 9.90 Å². The Balaban J connectivity index is 2.25. The number of hydrogen-bond acceptors (Lipinski definition) is 1. The Hall–Kier alpha value is -0.350. The minimum Gasteiger partial charge on any atom is -0.481 e. The first-order chi connectivity index (χ1) is 9.72. The molecular formula is C17H22Br2O2. The van der Waals surface area contributed by atoms with Gasteiger partial charge in [-0.1, -0.05) is 76.0 Å². The maximum absolute atomic E-state index is 11.7. The van der Waals surface area contributed by atoms with Gasteiger partial charge in [0.25, 0.3) is 0 Å². The molecule has 2 nitrogen and oxygen atoms in total. The molecule has 0 unspecified atom stereocenters. The molecule has 0 aromatic heterocycles. The molecule has 1 saturated carbocycles. The fourth-order valence-electron chi connectivity index (χ4n) is 3.50. The Bertz CT molecular complexity index is 515. The van der Waals surface area contributed by atoms with E-state index in [2.05, 4.69) is 57.8 Å². The van der Waals surface area contributed by atoms with Crippen LogP contribution in [0.25, 0.3) is 0 Å². The first-order valence-corrected chi connectivity index (χ1v) is 9.11. The lowest BCUT2D eigenvalue weighted by Crippen LogP contribution is -2.43. The molecule has 21 heavy (non-hydrogen) atoms. The van der Waals surface area contributed by atoms with E-state index in [0.717, 1.165) is 12.8 Å². The number of aliphatic carboxylic acids is 1. The summed E-state index contributed by atoms with van der Waals surface area (Å²) in [7, 11) is 0. The third-order valence-electron chi connectivity index (χ3n) is 5.56. The second-order valence-corrected chi connectivity index (χ2v) is 8.80. The van der Waals surface area contributed by atoms with E-state index in [4.69, 9.17) is 0 Å². The van der Waals surface area contributed by atoms with Crippen molar-refractivity contribution in [1.29, 1.82) is 0 Å². The second-order valence-electron chi connectivity index (χ2n) is 6.76. The molecule has 4 atom stereocenters. The van der Waals surface area contributed by atoms with Gasteiger partial charge in [0.05, 0.1) is 10.2 Å². The molecule has 1 fully saturated rings. The number of rotatable bonds is 4. The van der Waals surface area contributed by atoms with Crippen LogP contribution in [0.15, 0.2) is 30.3 Å². The second kappa shape index (κ2) is 6.04. The molecule has 0 aliphatic heterocycles. The number of carbonyl (C=O) groups is 1. The smallest absolute Gasteiger partial charge is 0.309 e. The van der Waals surface area contributed by atoms with Gasteiger partial charge in [0, 0.05) is 4.83 Å². The summed E-state index contributed by atoms with van der Waals surface area (Å²) < 4.78 is 0. The van der Waals surface area contributed by atoms with Crippen molar-refractivity contribution in [1.82, 2.24) is 0 Å². The van der Waals surface area contributed by atoms with Crippen molar-refractivity contribution in [3.05, 3.63) is 35.9 Å². The first kappa shape index (κ1) is 17.0. The van der Waals surface area contributed by atoms with Crippen molar-refractivity contribution in [2.75, 3.05) is 0 Å². The van der Waals surface area contributed by atoms with E-state index >= 15 is 0 Å². The van der Waals surface area contributed by atoms with Gasteiger partial charge in [-0.15, -0.1) is 0 Å². The van der Waals surface area contributed by atoms with Gasteiger partial charge in [-0.05, 0) is 36.7 Å². The molecule has 4 heteroatoms. The Morgan fingerprint density at radius 1 is 1.24 bits per heavy atom. The zero-order valence-corrected chi connectivity index (χ0v) is 15.8. The Morgan fingerprint density at radius 3 is 2.29 bits per heavy atom. The van der Waals surface area contributed by atoms with Gasteiger partial charge >= 0.3 is 5.97 Å². The fraction of sp³-hybridized carbons (Fsp3) is 0.588. The lowest BCUT2D eigenvalue weighted by atomic mass is 9.65. The summed E-state index contributed by atoms with van der Waals surface area (Å²) in [5.41, 5.74) is 0.306. The largest absolute Gasteiger partial charge is 0.481 e. The van der Waals surface area contributed by atoms with Crippen LogP contribution in [0.5, 0.6) is 0 Å². The molecule has 0 bridgehead atoms. The van der Waals surface area contributed by atoms with E-state index in [0.29, 0.717) is 5.92 Å². The quantitative estimate of drug-likeness (QED) is 0.664. The highest BCUT2D eigenvalue weighted by Gasteiger charge is 2.58. The SMILES string of the molecule is CC1(C)[C@H]([C@H](Br)[C@H](Br)c2ccccc2)CC[C@]1(C)C(=O)O. The van der Waals surface area contributed by atoms with Gasteiger partial charge in [-0.2, -0.15) is 0 Å². The molecule has 0 heterocycles. The summed E-state index contributed by atoms with van der Waals surface area (Å²) in [6.45, 7) is 6.08. The minimum absolute atomic E-state index is 0.180. The molecule has 2 rings (SSSR count). The number of carboxylic acid groups (broad SMARTS) is 1. The summed E-state index contributed by atoms with van der Waals surface area (Å²) in [5, 5.41) is 9.64. The number of halogens is 2. The van der Waals surface area contributed by atoms with Crippen molar-refractivity contribution in [3.8, 4) is 0 Å². The number of hydrogen-bond donors (Lipinski definition) is 1. The molecule has 116 valence electrons. The predicted molar refractivity (Wildman–Crippen MR) is 93.1 cm³/mol. The van der Waals surface area contributed by atoms with Gasteiger partial charge in [-0.3, -0.25) is 4.79 Å². The zero-order valence-electron chi connectivity index (χ0n) is 12.6. The molecule has 1 N–H and O–H groups in total. The van der Waals surface area contributed by atoms with Crippen LogP contribution in [0.1, 0.15) is 44.0 Å². The van der Waals surface area contributed by atoms with E-state index in [-0.39, 0.29) is 15.1 Å². The van der Waals surface area contributed by atoms with Crippen LogP contribution in [0, 0.1) is 16.7 Å². The zero-order chi connectivity index (χ0) is 15.8. The molecule has 1 aliphatic rings. The van der Waals surface area contributed by atoms with Crippen molar-refractivity contribution in [2.45, 2.75) is 43.3 Å². The average molecular weight is 418 g/mol. The van der Waals surface area contributed by atoms with E-state index in [1.807, 2.05) is 25.1 Å². The van der Waals surface area contributed by atoms with Crippen molar-refractivity contribution in [2.24, 2.45) is 16.7 Å². The minimum atomic E-state index is -0.680. The predicted octanol–water partition coefficient (Wildman–Crippen LogP) is 5.41. The van der Waals surface area contributed by atoms with E-state index in [1.165, 1.54) is 5.56 Å². The Morgan fingerprint density at radius 2 is 1.81 bits per heavy atom. The maximum atomic E-state index is 11.7. The van der Waals surface area contributed by atoms with Gasteiger partial charge in [0.2, 0.25) is 0 Å². The van der Waals surface area contributed by atoms with Crippen LogP contribution in [0.2, 0.25) is 0 Å². The topological polar surface area (TPSA) is 37.3 Å². The summed E-state index contributed by atoms with van der Waals surface area (Å²) in [5.74, 6) is -0.372. The van der Waals surface area contributed by atoms with Crippen LogP contribution < -0.4 is 0 Å². The standard InChI is InChI=1S/C17H22Br2O2/c1-16(2)12(9-10-17(16,3)15(20)21)14(19)13(18)11-7-5-4-6-8-11/h4-8,12-14H,9-10H2,1-3H3,(H,20,21)/t12-,13+,14-,17+/m0/s1. The third kappa shape index (κ3) is 2.81. The maximum Gasteiger partial charge on any atom is 0.309 e. The number of carboxylic acids is 1.